The lowest BCUT2D eigenvalue weighted by atomic mass is 9.91. The number of nitrogens with zero attached hydrogens (tertiary/aromatic N) is 1. The molecular weight excluding hydrogens is 176 g/mol. The van der Waals surface area contributed by atoms with Gasteiger partial charge in [0.2, 0.25) is 5.91 Å². The van der Waals surface area contributed by atoms with Crippen molar-refractivity contribution in [3.05, 3.63) is 0 Å². The summed E-state index contributed by atoms with van der Waals surface area (Å²) < 4.78 is 0. The van der Waals surface area contributed by atoms with Gasteiger partial charge in [0, 0.05) is 26.6 Å². The van der Waals surface area contributed by atoms with E-state index in [2.05, 4.69) is 12.2 Å². The fourth-order valence-electron chi connectivity index (χ4n) is 1.96. The topological polar surface area (TPSA) is 32.3 Å². The van der Waals surface area contributed by atoms with E-state index in [1.54, 1.807) is 4.90 Å². The van der Waals surface area contributed by atoms with Gasteiger partial charge in [0.25, 0.3) is 0 Å². The monoisotopic (exact) mass is 198 g/mol. The second kappa shape index (κ2) is 5.35. The maximum Gasteiger partial charge on any atom is 0.222 e. The predicted octanol–water partition coefficient (Wildman–Crippen LogP) is 1.24. The van der Waals surface area contributed by atoms with Crippen molar-refractivity contribution in [2.75, 3.05) is 20.6 Å². The van der Waals surface area contributed by atoms with Gasteiger partial charge in [-0.3, -0.25) is 4.79 Å². The van der Waals surface area contributed by atoms with Crippen LogP contribution < -0.4 is 5.32 Å². The fourth-order valence-corrected chi connectivity index (χ4v) is 1.96. The lowest BCUT2D eigenvalue weighted by Gasteiger charge is -2.29. The van der Waals surface area contributed by atoms with Crippen LogP contribution in [0.1, 0.15) is 32.6 Å². The summed E-state index contributed by atoms with van der Waals surface area (Å²) in [6, 6.07) is 0.549. The summed E-state index contributed by atoms with van der Waals surface area (Å²) in [4.78, 5) is 13.2. The summed E-state index contributed by atoms with van der Waals surface area (Å²) >= 11 is 0. The Morgan fingerprint density at radius 1 is 1.50 bits per heavy atom. The largest absolute Gasteiger partial charge is 0.349 e. The molecule has 0 aromatic rings. The highest BCUT2D eigenvalue weighted by atomic mass is 16.2. The minimum atomic E-state index is 0.241. The first-order valence-electron chi connectivity index (χ1n) is 5.55. The molecule has 0 aliphatic carbocycles. The summed E-state index contributed by atoms with van der Waals surface area (Å²) in [6.07, 6.45) is 4.48. The SMILES string of the molecule is C[C@@H](CC(=O)N(C)C)[C@@H]1CCCCN1. The summed E-state index contributed by atoms with van der Waals surface area (Å²) in [5, 5.41) is 3.49. The van der Waals surface area contributed by atoms with Gasteiger partial charge in [-0.15, -0.1) is 0 Å². The van der Waals surface area contributed by atoms with E-state index in [1.807, 2.05) is 14.1 Å². The second-order valence-corrected chi connectivity index (χ2v) is 4.53. The molecule has 82 valence electrons. The van der Waals surface area contributed by atoms with E-state index < -0.39 is 0 Å². The highest BCUT2D eigenvalue weighted by Gasteiger charge is 2.21. The first-order chi connectivity index (χ1) is 6.61. The van der Waals surface area contributed by atoms with Gasteiger partial charge >= 0.3 is 0 Å². The Balaban J connectivity index is 2.32. The number of hydrogen-bond acceptors (Lipinski definition) is 2. The molecule has 0 aromatic carbocycles. The minimum absolute atomic E-state index is 0.241. The maximum atomic E-state index is 11.5. The Morgan fingerprint density at radius 2 is 2.21 bits per heavy atom. The summed E-state index contributed by atoms with van der Waals surface area (Å²) in [7, 11) is 3.65. The molecule has 0 aromatic heterocycles. The van der Waals surface area contributed by atoms with E-state index >= 15 is 0 Å². The van der Waals surface area contributed by atoms with E-state index in [0.29, 0.717) is 18.4 Å². The van der Waals surface area contributed by atoms with E-state index in [-0.39, 0.29) is 5.91 Å². The van der Waals surface area contributed by atoms with Crippen molar-refractivity contribution in [3.63, 3.8) is 0 Å². The summed E-state index contributed by atoms with van der Waals surface area (Å²) in [5.41, 5.74) is 0. The van der Waals surface area contributed by atoms with Crippen LogP contribution in [0.15, 0.2) is 0 Å². The normalized spacial score (nSPS) is 24.4. The molecule has 14 heavy (non-hydrogen) atoms. The van der Waals surface area contributed by atoms with Crippen molar-refractivity contribution in [1.82, 2.24) is 10.2 Å². The van der Waals surface area contributed by atoms with E-state index in [9.17, 15) is 4.79 Å². The van der Waals surface area contributed by atoms with Gasteiger partial charge in [-0.2, -0.15) is 0 Å². The molecule has 1 amide bonds. The number of nitrogens with one attached hydrogen (secondary N) is 1. The van der Waals surface area contributed by atoms with Crippen LogP contribution in [0.5, 0.6) is 0 Å². The molecule has 3 nitrogen and oxygen atoms in total. The highest BCUT2D eigenvalue weighted by Crippen LogP contribution is 2.18. The van der Waals surface area contributed by atoms with Crippen molar-refractivity contribution >= 4 is 5.91 Å². The first-order valence-corrected chi connectivity index (χ1v) is 5.55. The molecule has 1 rings (SSSR count). The molecule has 1 aliphatic rings. The van der Waals surface area contributed by atoms with Crippen LogP contribution in [-0.4, -0.2) is 37.5 Å². The van der Waals surface area contributed by atoms with Gasteiger partial charge in [-0.1, -0.05) is 13.3 Å². The lowest BCUT2D eigenvalue weighted by Crippen LogP contribution is -2.40. The molecule has 1 N–H and O–H groups in total. The smallest absolute Gasteiger partial charge is 0.222 e. The maximum absolute atomic E-state index is 11.5. The van der Waals surface area contributed by atoms with E-state index in [0.717, 1.165) is 6.54 Å². The zero-order valence-electron chi connectivity index (χ0n) is 9.55. The van der Waals surface area contributed by atoms with Crippen molar-refractivity contribution in [1.29, 1.82) is 0 Å². The molecule has 3 heteroatoms. The third-order valence-electron chi connectivity index (χ3n) is 3.03. The number of amides is 1. The molecule has 0 saturated carbocycles. The molecule has 0 spiro atoms. The number of hydrogen-bond donors (Lipinski definition) is 1. The average Bonchev–Trinajstić information content (AvgIpc) is 2.19. The molecule has 0 bridgehead atoms. The van der Waals surface area contributed by atoms with Crippen molar-refractivity contribution in [3.8, 4) is 0 Å². The third-order valence-corrected chi connectivity index (χ3v) is 3.03. The Labute approximate surface area is 86.9 Å². The first kappa shape index (κ1) is 11.5. The Morgan fingerprint density at radius 3 is 2.71 bits per heavy atom. The van der Waals surface area contributed by atoms with Gasteiger partial charge in [0.05, 0.1) is 0 Å². The Kier molecular flexibility index (Phi) is 4.39. The molecule has 1 saturated heterocycles. The molecular formula is C11H22N2O. The molecule has 1 aliphatic heterocycles. The molecule has 0 radical (unpaired) electrons. The number of carbonyl (C=O) groups is 1. The van der Waals surface area contributed by atoms with Crippen molar-refractivity contribution in [2.24, 2.45) is 5.92 Å². The summed E-state index contributed by atoms with van der Waals surface area (Å²) in [5.74, 6) is 0.704. The molecule has 0 unspecified atom stereocenters. The Hall–Kier alpha value is -0.570. The van der Waals surface area contributed by atoms with Crippen LogP contribution in [-0.2, 0) is 4.79 Å². The standard InChI is InChI=1S/C11H22N2O/c1-9(8-11(14)13(2)3)10-6-4-5-7-12-10/h9-10,12H,4-8H2,1-3H3/t9-,10-/m0/s1. The van der Waals surface area contributed by atoms with E-state index in [4.69, 9.17) is 0 Å². The summed E-state index contributed by atoms with van der Waals surface area (Å²) in [6.45, 7) is 3.29. The molecule has 2 atom stereocenters. The van der Waals surface area contributed by atoms with Crippen LogP contribution in [0, 0.1) is 5.92 Å². The Bertz CT molecular complexity index is 186. The zero-order chi connectivity index (χ0) is 10.6. The van der Waals surface area contributed by atoms with Crippen molar-refractivity contribution in [2.45, 2.75) is 38.6 Å². The highest BCUT2D eigenvalue weighted by molar-refractivity contribution is 5.75. The fraction of sp³-hybridized carbons (Fsp3) is 0.909. The number of rotatable bonds is 3. The number of piperidine rings is 1. The van der Waals surface area contributed by atoms with Crippen LogP contribution in [0.2, 0.25) is 0 Å². The third kappa shape index (κ3) is 3.29. The van der Waals surface area contributed by atoms with Gasteiger partial charge in [-0.25, -0.2) is 0 Å². The van der Waals surface area contributed by atoms with Gasteiger partial charge in [0.15, 0.2) is 0 Å². The molecule has 1 fully saturated rings. The number of carbonyl (C=O) groups excluding carboxylic acids is 1. The van der Waals surface area contributed by atoms with Gasteiger partial charge in [-0.05, 0) is 25.3 Å². The zero-order valence-corrected chi connectivity index (χ0v) is 9.55. The van der Waals surface area contributed by atoms with Crippen molar-refractivity contribution < 1.29 is 4.79 Å². The van der Waals surface area contributed by atoms with Crippen LogP contribution in [0.25, 0.3) is 0 Å². The van der Waals surface area contributed by atoms with Gasteiger partial charge < -0.3 is 10.2 Å². The van der Waals surface area contributed by atoms with Crippen LogP contribution in [0.3, 0.4) is 0 Å². The van der Waals surface area contributed by atoms with Gasteiger partial charge in [0.1, 0.15) is 0 Å². The lowest BCUT2D eigenvalue weighted by molar-refractivity contribution is -0.129. The van der Waals surface area contributed by atoms with Crippen LogP contribution >= 0.6 is 0 Å². The second-order valence-electron chi connectivity index (χ2n) is 4.53. The predicted molar refractivity (Wildman–Crippen MR) is 58.1 cm³/mol. The van der Waals surface area contributed by atoms with Crippen LogP contribution in [0.4, 0.5) is 0 Å². The minimum Gasteiger partial charge on any atom is -0.349 e. The van der Waals surface area contributed by atoms with E-state index in [1.165, 1.54) is 19.3 Å². The average molecular weight is 198 g/mol. The molecule has 1 heterocycles. The quantitative estimate of drug-likeness (QED) is 0.740.